The molecular weight excluding hydrogens is 230 g/mol. The second kappa shape index (κ2) is 4.18. The van der Waals surface area contributed by atoms with E-state index in [9.17, 15) is 4.79 Å². The summed E-state index contributed by atoms with van der Waals surface area (Å²) < 4.78 is 5.17. The molecule has 1 aliphatic rings. The van der Waals surface area contributed by atoms with Crippen molar-refractivity contribution >= 4 is 11.6 Å². The molecule has 1 aromatic carbocycles. The van der Waals surface area contributed by atoms with Crippen molar-refractivity contribution in [3.8, 4) is 5.75 Å². The first-order valence-electron chi connectivity index (χ1n) is 5.75. The summed E-state index contributed by atoms with van der Waals surface area (Å²) in [5.74, 6) is 0.775. The monoisotopic (exact) mass is 243 g/mol. The zero-order valence-corrected chi connectivity index (χ0v) is 9.93. The Kier molecular flexibility index (Phi) is 2.51. The number of hydrogen-bond acceptors (Lipinski definition) is 3. The van der Waals surface area contributed by atoms with Gasteiger partial charge in [0.2, 0.25) is 5.91 Å². The summed E-state index contributed by atoms with van der Waals surface area (Å²) in [6.07, 6.45) is 2.13. The number of rotatable bonds is 2. The number of H-pyrrole nitrogens is 1. The molecule has 1 atom stereocenters. The van der Waals surface area contributed by atoms with Crippen molar-refractivity contribution in [3.05, 3.63) is 41.7 Å². The molecule has 0 bridgehead atoms. The lowest BCUT2D eigenvalue weighted by molar-refractivity contribution is -0.116. The first-order valence-corrected chi connectivity index (χ1v) is 5.75. The molecule has 2 N–H and O–H groups in total. The molecule has 0 radical (unpaired) electrons. The molecule has 0 saturated heterocycles. The van der Waals surface area contributed by atoms with E-state index in [-0.39, 0.29) is 11.8 Å². The molecule has 2 heterocycles. The van der Waals surface area contributed by atoms with E-state index in [0.717, 1.165) is 22.7 Å². The number of aromatic amines is 1. The number of methoxy groups -OCH3 is 1. The number of carbonyl (C=O) groups excluding carboxylic acids is 1. The predicted octanol–water partition coefficient (Wildman–Crippen LogP) is 1.89. The van der Waals surface area contributed by atoms with Crippen molar-refractivity contribution in [3.63, 3.8) is 0 Å². The minimum atomic E-state index is 0.00959. The third-order valence-corrected chi connectivity index (χ3v) is 3.20. The van der Waals surface area contributed by atoms with E-state index < -0.39 is 0 Å². The highest BCUT2D eigenvalue weighted by atomic mass is 16.5. The zero-order chi connectivity index (χ0) is 12.5. The molecule has 2 aromatic rings. The van der Waals surface area contributed by atoms with Gasteiger partial charge in [0.1, 0.15) is 5.75 Å². The fraction of sp³-hybridized carbons (Fsp3) is 0.231. The summed E-state index contributed by atoms with van der Waals surface area (Å²) in [6.45, 7) is 0. The summed E-state index contributed by atoms with van der Waals surface area (Å²) >= 11 is 0. The maximum Gasteiger partial charge on any atom is 0.225 e. The molecule has 3 rings (SSSR count). The van der Waals surface area contributed by atoms with Gasteiger partial charge in [-0.05, 0) is 17.7 Å². The van der Waals surface area contributed by atoms with Gasteiger partial charge in [-0.2, -0.15) is 5.10 Å². The molecule has 0 spiro atoms. The van der Waals surface area contributed by atoms with Gasteiger partial charge in [-0.1, -0.05) is 6.07 Å². The number of amides is 1. The number of carbonyl (C=O) groups is 1. The smallest absolute Gasteiger partial charge is 0.225 e. The molecule has 1 aliphatic heterocycles. The van der Waals surface area contributed by atoms with Gasteiger partial charge in [0, 0.05) is 36.0 Å². The van der Waals surface area contributed by atoms with Gasteiger partial charge >= 0.3 is 0 Å². The quantitative estimate of drug-likeness (QED) is 0.846. The molecule has 1 unspecified atom stereocenters. The van der Waals surface area contributed by atoms with Crippen LogP contribution in [-0.2, 0) is 4.79 Å². The lowest BCUT2D eigenvalue weighted by Crippen LogP contribution is -2.23. The van der Waals surface area contributed by atoms with Crippen LogP contribution in [0.4, 0.5) is 5.69 Å². The summed E-state index contributed by atoms with van der Waals surface area (Å²) in [5.41, 5.74) is 2.85. The normalized spacial score (nSPS) is 18.1. The molecule has 0 aliphatic carbocycles. The molecule has 1 aromatic heterocycles. The van der Waals surface area contributed by atoms with Crippen LogP contribution in [0.15, 0.2) is 30.5 Å². The van der Waals surface area contributed by atoms with Crippen molar-refractivity contribution in [2.45, 2.75) is 12.3 Å². The molecule has 18 heavy (non-hydrogen) atoms. The number of hydrogen-bond donors (Lipinski definition) is 2. The van der Waals surface area contributed by atoms with Crippen LogP contribution < -0.4 is 10.1 Å². The Balaban J connectivity index is 2.08. The lowest BCUT2D eigenvalue weighted by atomic mass is 9.88. The molecule has 0 saturated carbocycles. The van der Waals surface area contributed by atoms with E-state index >= 15 is 0 Å². The summed E-state index contributed by atoms with van der Waals surface area (Å²) in [7, 11) is 1.61. The van der Waals surface area contributed by atoms with Gasteiger partial charge in [-0.25, -0.2) is 0 Å². The van der Waals surface area contributed by atoms with Crippen LogP contribution >= 0.6 is 0 Å². The van der Waals surface area contributed by atoms with E-state index in [4.69, 9.17) is 4.74 Å². The van der Waals surface area contributed by atoms with Crippen LogP contribution in [0.5, 0.6) is 5.75 Å². The maximum atomic E-state index is 11.7. The number of nitrogens with zero attached hydrogens (tertiary/aromatic N) is 1. The van der Waals surface area contributed by atoms with Gasteiger partial charge in [-0.3, -0.25) is 9.89 Å². The van der Waals surface area contributed by atoms with Crippen molar-refractivity contribution in [1.29, 1.82) is 0 Å². The van der Waals surface area contributed by atoms with Gasteiger partial charge in [0.15, 0.2) is 0 Å². The van der Waals surface area contributed by atoms with Gasteiger partial charge in [-0.15, -0.1) is 0 Å². The fourth-order valence-electron chi connectivity index (χ4n) is 2.31. The Hall–Kier alpha value is -2.30. The van der Waals surface area contributed by atoms with Crippen molar-refractivity contribution in [2.24, 2.45) is 0 Å². The molecular formula is C13H13N3O2. The van der Waals surface area contributed by atoms with Crippen LogP contribution in [0.2, 0.25) is 0 Å². The third-order valence-electron chi connectivity index (χ3n) is 3.20. The average molecular weight is 243 g/mol. The van der Waals surface area contributed by atoms with Crippen molar-refractivity contribution in [1.82, 2.24) is 10.2 Å². The molecule has 92 valence electrons. The van der Waals surface area contributed by atoms with Crippen LogP contribution in [0, 0.1) is 0 Å². The Labute approximate surface area is 104 Å². The Morgan fingerprint density at radius 1 is 1.39 bits per heavy atom. The summed E-state index contributed by atoms with van der Waals surface area (Å²) in [4.78, 5) is 11.7. The second-order valence-corrected chi connectivity index (χ2v) is 4.27. The molecule has 5 heteroatoms. The Morgan fingerprint density at radius 3 is 3.00 bits per heavy atom. The maximum absolute atomic E-state index is 11.7. The third kappa shape index (κ3) is 1.73. The molecule has 1 amide bonds. The number of anilines is 1. The second-order valence-electron chi connectivity index (χ2n) is 4.27. The Morgan fingerprint density at radius 2 is 2.28 bits per heavy atom. The lowest BCUT2D eigenvalue weighted by Gasteiger charge is -2.25. The van der Waals surface area contributed by atoms with Crippen LogP contribution in [0.25, 0.3) is 0 Å². The number of ether oxygens (including phenoxy) is 1. The first-order chi connectivity index (χ1) is 8.78. The number of aromatic nitrogens is 2. The number of benzene rings is 1. The van der Waals surface area contributed by atoms with Crippen LogP contribution in [-0.4, -0.2) is 23.2 Å². The fourth-order valence-corrected chi connectivity index (χ4v) is 2.31. The van der Waals surface area contributed by atoms with Crippen molar-refractivity contribution in [2.75, 3.05) is 12.4 Å². The van der Waals surface area contributed by atoms with Gasteiger partial charge in [0.25, 0.3) is 0 Å². The first kappa shape index (κ1) is 10.8. The van der Waals surface area contributed by atoms with Gasteiger partial charge in [0.05, 0.1) is 7.11 Å². The van der Waals surface area contributed by atoms with Crippen LogP contribution in [0.3, 0.4) is 0 Å². The van der Waals surface area contributed by atoms with E-state index in [1.54, 1.807) is 13.3 Å². The number of nitrogens with one attached hydrogen (secondary N) is 2. The molecule has 5 nitrogen and oxygen atoms in total. The number of fused-ring (bicyclic) bond motifs is 1. The summed E-state index contributed by atoms with van der Waals surface area (Å²) in [5, 5.41) is 9.76. The Bertz CT molecular complexity index is 578. The highest BCUT2D eigenvalue weighted by molar-refractivity contribution is 5.95. The van der Waals surface area contributed by atoms with Crippen molar-refractivity contribution < 1.29 is 9.53 Å². The highest BCUT2D eigenvalue weighted by Crippen LogP contribution is 2.37. The van der Waals surface area contributed by atoms with Gasteiger partial charge < -0.3 is 10.1 Å². The minimum absolute atomic E-state index is 0.00959. The minimum Gasteiger partial charge on any atom is -0.497 e. The van der Waals surface area contributed by atoms with E-state index in [1.165, 1.54) is 0 Å². The van der Waals surface area contributed by atoms with Crippen LogP contribution in [0.1, 0.15) is 23.6 Å². The molecule has 0 fully saturated rings. The van der Waals surface area contributed by atoms with E-state index in [2.05, 4.69) is 15.5 Å². The standard InChI is InChI=1S/C13H13N3O2/c1-18-8-2-3-9-10(11-4-5-14-16-11)7-13(17)15-12(9)6-8/h2-6,10H,7H2,1H3,(H,14,16)(H,15,17). The van der Waals surface area contributed by atoms with E-state index in [1.807, 2.05) is 24.3 Å². The zero-order valence-electron chi connectivity index (χ0n) is 9.93. The predicted molar refractivity (Wildman–Crippen MR) is 66.7 cm³/mol. The summed E-state index contributed by atoms with van der Waals surface area (Å²) in [6, 6.07) is 7.63. The highest BCUT2D eigenvalue weighted by Gasteiger charge is 2.27. The van der Waals surface area contributed by atoms with E-state index in [0.29, 0.717) is 6.42 Å². The topological polar surface area (TPSA) is 67.0 Å². The largest absolute Gasteiger partial charge is 0.497 e. The SMILES string of the molecule is COc1ccc2c(c1)NC(=O)CC2c1ccn[nH]1. The average Bonchev–Trinajstić information content (AvgIpc) is 2.90.